The van der Waals surface area contributed by atoms with E-state index >= 15 is 0 Å². The molecule has 1 aromatic rings. The lowest BCUT2D eigenvalue weighted by atomic mass is 10.2. The molecule has 3 N–H and O–H groups in total. The van der Waals surface area contributed by atoms with E-state index < -0.39 is 18.2 Å². The van der Waals surface area contributed by atoms with Gasteiger partial charge in [-0.2, -0.15) is 0 Å². The monoisotopic (exact) mass is 233 g/mol. The second kappa shape index (κ2) is 5.17. The number of esters is 1. The lowest BCUT2D eigenvalue weighted by Crippen LogP contribution is -2.28. The van der Waals surface area contributed by atoms with Crippen molar-refractivity contribution in [2.45, 2.75) is 18.8 Å². The van der Waals surface area contributed by atoms with E-state index in [1.54, 1.807) is 0 Å². The highest BCUT2D eigenvalue weighted by molar-refractivity contribution is 7.11. The van der Waals surface area contributed by atoms with Crippen molar-refractivity contribution < 1.29 is 24.9 Å². The van der Waals surface area contributed by atoms with Gasteiger partial charge in [-0.25, -0.2) is 9.78 Å². The third kappa shape index (κ3) is 2.72. The maximum Gasteiger partial charge on any atom is 0.337 e. The molecule has 0 aliphatic rings. The molecule has 0 aliphatic carbocycles. The van der Waals surface area contributed by atoms with Crippen LogP contribution in [-0.4, -0.2) is 39.5 Å². The molecule has 0 bridgehead atoms. The fourth-order valence-corrected chi connectivity index (χ4v) is 1.71. The Morgan fingerprint density at radius 1 is 1.67 bits per heavy atom. The first-order valence-electron chi connectivity index (χ1n) is 4.09. The summed E-state index contributed by atoms with van der Waals surface area (Å²) in [6, 6.07) is 0. The molecular formula is C8H11NO5S. The van der Waals surface area contributed by atoms with Crippen LogP contribution < -0.4 is 0 Å². The van der Waals surface area contributed by atoms with Crippen LogP contribution in [0.25, 0.3) is 0 Å². The van der Waals surface area contributed by atoms with Crippen LogP contribution in [-0.2, 0) is 16.1 Å². The minimum absolute atomic E-state index is 0.164. The molecule has 15 heavy (non-hydrogen) atoms. The highest BCUT2D eigenvalue weighted by atomic mass is 32.1. The maximum atomic E-state index is 10.9. The van der Waals surface area contributed by atoms with Crippen molar-refractivity contribution >= 4 is 17.3 Å². The summed E-state index contributed by atoms with van der Waals surface area (Å²) in [6.07, 6.45) is -1.72. The van der Waals surface area contributed by atoms with E-state index in [9.17, 15) is 15.0 Å². The summed E-state index contributed by atoms with van der Waals surface area (Å²) in [6.45, 7) is -0.196. The molecule has 1 rings (SSSR count). The quantitative estimate of drug-likeness (QED) is 0.589. The van der Waals surface area contributed by atoms with Gasteiger partial charge < -0.3 is 20.1 Å². The first-order valence-corrected chi connectivity index (χ1v) is 4.91. The minimum Gasteiger partial charge on any atom is -0.467 e. The summed E-state index contributed by atoms with van der Waals surface area (Å²) in [7, 11) is 1.11. The number of carbonyl (C=O) groups is 1. The van der Waals surface area contributed by atoms with Crippen LogP contribution in [0.15, 0.2) is 6.20 Å². The first-order chi connectivity index (χ1) is 7.10. The zero-order valence-corrected chi connectivity index (χ0v) is 8.77. The van der Waals surface area contributed by atoms with Crippen LogP contribution in [0, 0.1) is 0 Å². The molecular weight excluding hydrogens is 222 g/mol. The zero-order chi connectivity index (χ0) is 11.4. The Balaban J connectivity index is 2.75. The van der Waals surface area contributed by atoms with E-state index in [4.69, 9.17) is 5.11 Å². The first kappa shape index (κ1) is 12.1. The van der Waals surface area contributed by atoms with E-state index in [1.807, 2.05) is 0 Å². The van der Waals surface area contributed by atoms with Crippen LogP contribution in [0.5, 0.6) is 0 Å². The number of rotatable bonds is 4. The molecule has 0 fully saturated rings. The Bertz CT molecular complexity index is 340. The van der Waals surface area contributed by atoms with E-state index in [1.165, 1.54) is 6.20 Å². The van der Waals surface area contributed by atoms with Crippen LogP contribution >= 0.6 is 11.3 Å². The number of hydrogen-bond donors (Lipinski definition) is 3. The van der Waals surface area contributed by atoms with Gasteiger partial charge in [-0.3, -0.25) is 0 Å². The number of aromatic nitrogens is 1. The molecule has 0 aromatic carbocycles. The van der Waals surface area contributed by atoms with E-state index in [-0.39, 0.29) is 11.6 Å². The Hall–Kier alpha value is -1.02. The fourth-order valence-electron chi connectivity index (χ4n) is 0.917. The van der Waals surface area contributed by atoms with Gasteiger partial charge in [0.2, 0.25) is 0 Å². The lowest BCUT2D eigenvalue weighted by molar-refractivity contribution is -0.156. The number of carbonyl (C=O) groups excluding carboxylic acids is 1. The second-order valence-electron chi connectivity index (χ2n) is 2.74. The number of methoxy groups -OCH3 is 1. The van der Waals surface area contributed by atoms with Gasteiger partial charge in [0.15, 0.2) is 6.10 Å². The van der Waals surface area contributed by atoms with Gasteiger partial charge in [-0.05, 0) is 0 Å². The van der Waals surface area contributed by atoms with Gasteiger partial charge in [0.1, 0.15) is 11.1 Å². The Labute approximate surface area is 89.8 Å². The Morgan fingerprint density at radius 3 is 2.80 bits per heavy atom. The van der Waals surface area contributed by atoms with Gasteiger partial charge in [-0.1, -0.05) is 0 Å². The predicted molar refractivity (Wildman–Crippen MR) is 51.0 cm³/mol. The lowest BCUT2D eigenvalue weighted by Gasteiger charge is -2.12. The molecule has 0 spiro atoms. The molecule has 6 nitrogen and oxygen atoms in total. The molecule has 0 radical (unpaired) electrons. The molecule has 0 saturated carbocycles. The van der Waals surface area contributed by atoms with Crippen molar-refractivity contribution in [3.63, 3.8) is 0 Å². The summed E-state index contributed by atoms with van der Waals surface area (Å²) in [5, 5.41) is 27.7. The van der Waals surface area contributed by atoms with Crippen LogP contribution in [0.1, 0.15) is 16.0 Å². The van der Waals surface area contributed by atoms with Crippen molar-refractivity contribution in [1.29, 1.82) is 0 Å². The Morgan fingerprint density at radius 2 is 2.33 bits per heavy atom. The third-order valence-electron chi connectivity index (χ3n) is 1.72. The van der Waals surface area contributed by atoms with Crippen LogP contribution in [0.3, 0.4) is 0 Å². The largest absolute Gasteiger partial charge is 0.467 e. The average Bonchev–Trinajstić information content (AvgIpc) is 2.74. The van der Waals surface area contributed by atoms with E-state index in [2.05, 4.69) is 9.72 Å². The van der Waals surface area contributed by atoms with Gasteiger partial charge in [0, 0.05) is 6.20 Å². The molecule has 2 atom stereocenters. The summed E-state index contributed by atoms with van der Waals surface area (Å²) in [5.74, 6) is -0.928. The van der Waals surface area contributed by atoms with E-state index in [0.717, 1.165) is 18.4 Å². The number of hydrogen-bond acceptors (Lipinski definition) is 7. The molecule has 84 valence electrons. The summed E-state index contributed by atoms with van der Waals surface area (Å²) < 4.78 is 4.27. The fraction of sp³-hybridized carbons (Fsp3) is 0.500. The van der Waals surface area contributed by atoms with Gasteiger partial charge in [-0.15, -0.1) is 11.3 Å². The Kier molecular flexibility index (Phi) is 4.15. The predicted octanol–water partition coefficient (Wildman–Crippen LogP) is -0.797. The number of ether oxygens (including phenoxy) is 1. The van der Waals surface area contributed by atoms with Crippen LogP contribution in [0.4, 0.5) is 0 Å². The highest BCUT2D eigenvalue weighted by Gasteiger charge is 2.28. The molecule has 2 unspecified atom stereocenters. The second-order valence-corrected chi connectivity index (χ2v) is 3.88. The van der Waals surface area contributed by atoms with Crippen molar-refractivity contribution in [3.8, 4) is 0 Å². The number of thiazole rings is 1. The molecule has 1 aromatic heterocycles. The smallest absolute Gasteiger partial charge is 0.337 e. The van der Waals surface area contributed by atoms with Gasteiger partial charge >= 0.3 is 5.97 Å². The summed E-state index contributed by atoms with van der Waals surface area (Å²) in [4.78, 5) is 15.2. The standard InChI is InChI=1S/C8H11NO5S/c1-14-8(13)6(12)5(11)7-9-2-4(3-10)15-7/h2,5-6,10-12H,3H2,1H3. The normalized spacial score (nSPS) is 14.7. The van der Waals surface area contributed by atoms with E-state index in [0.29, 0.717) is 4.88 Å². The summed E-state index contributed by atoms with van der Waals surface area (Å²) >= 11 is 1.02. The third-order valence-corrected chi connectivity index (χ3v) is 2.77. The zero-order valence-electron chi connectivity index (χ0n) is 7.95. The van der Waals surface area contributed by atoms with Gasteiger partial charge in [0.25, 0.3) is 0 Å². The molecule has 0 amide bonds. The molecule has 7 heteroatoms. The highest BCUT2D eigenvalue weighted by Crippen LogP contribution is 2.23. The number of nitrogens with zero attached hydrogens (tertiary/aromatic N) is 1. The van der Waals surface area contributed by atoms with Crippen molar-refractivity contribution in [3.05, 3.63) is 16.1 Å². The minimum atomic E-state index is -1.66. The van der Waals surface area contributed by atoms with Crippen molar-refractivity contribution in [2.75, 3.05) is 7.11 Å². The van der Waals surface area contributed by atoms with Gasteiger partial charge in [0.05, 0.1) is 18.6 Å². The van der Waals surface area contributed by atoms with Crippen LogP contribution in [0.2, 0.25) is 0 Å². The summed E-state index contributed by atoms with van der Waals surface area (Å²) in [5.41, 5.74) is 0. The topological polar surface area (TPSA) is 99.9 Å². The average molecular weight is 233 g/mol. The molecule has 1 heterocycles. The number of aliphatic hydroxyl groups excluding tert-OH is 3. The molecule has 0 saturated heterocycles. The SMILES string of the molecule is COC(=O)C(O)C(O)c1ncc(CO)s1. The number of aliphatic hydroxyl groups is 3. The molecule has 0 aliphatic heterocycles. The van der Waals surface area contributed by atoms with Crippen molar-refractivity contribution in [2.24, 2.45) is 0 Å². The maximum absolute atomic E-state index is 10.9. The van der Waals surface area contributed by atoms with Crippen molar-refractivity contribution in [1.82, 2.24) is 4.98 Å².